The molecule has 3 aliphatic rings. The minimum Gasteiger partial charge on any atom is -0.342 e. The lowest BCUT2D eigenvalue weighted by Gasteiger charge is -2.47. The van der Waals surface area contributed by atoms with Crippen molar-refractivity contribution in [3.63, 3.8) is 0 Å². The lowest BCUT2D eigenvalue weighted by molar-refractivity contribution is -0.145. The number of hydrogen-bond acceptors (Lipinski definition) is 3. The van der Waals surface area contributed by atoms with Gasteiger partial charge >= 0.3 is 6.18 Å². The van der Waals surface area contributed by atoms with Gasteiger partial charge in [-0.25, -0.2) is 0 Å². The van der Waals surface area contributed by atoms with E-state index in [2.05, 4.69) is 34.5 Å². The maximum atomic E-state index is 12.7. The molecule has 0 aromatic heterocycles. The number of hydrogen-bond donors (Lipinski definition) is 1. The van der Waals surface area contributed by atoms with Crippen molar-refractivity contribution in [1.82, 2.24) is 15.1 Å². The lowest BCUT2D eigenvalue weighted by atomic mass is 9.77. The highest BCUT2D eigenvalue weighted by atomic mass is 19.4. The molecule has 1 aromatic rings. The maximum absolute atomic E-state index is 12.7. The largest absolute Gasteiger partial charge is 0.390 e. The van der Waals surface area contributed by atoms with E-state index in [0.29, 0.717) is 24.8 Å². The molecule has 160 valence electrons. The molecule has 4 nitrogen and oxygen atoms in total. The van der Waals surface area contributed by atoms with Gasteiger partial charge in [-0.1, -0.05) is 43.2 Å². The smallest absolute Gasteiger partial charge is 0.342 e. The second kappa shape index (κ2) is 8.26. The summed E-state index contributed by atoms with van der Waals surface area (Å²) in [6.07, 6.45) is 0.925. The molecule has 2 atom stereocenters. The van der Waals surface area contributed by atoms with Gasteiger partial charge in [-0.15, -0.1) is 0 Å². The van der Waals surface area contributed by atoms with Crippen molar-refractivity contribution in [2.45, 2.75) is 68.6 Å². The molecule has 1 aromatic carbocycles. The molecular formula is C22H30F3N3O. The van der Waals surface area contributed by atoms with Gasteiger partial charge in [-0.2, -0.15) is 13.2 Å². The first-order valence-electron chi connectivity index (χ1n) is 10.8. The fourth-order valence-electron chi connectivity index (χ4n) is 5.59. The molecule has 7 heteroatoms. The van der Waals surface area contributed by atoms with Crippen molar-refractivity contribution in [3.8, 4) is 0 Å². The summed E-state index contributed by atoms with van der Waals surface area (Å²) in [5.74, 6) is 0.403. The SMILES string of the molecule is O=C1NCN(CCC(F)(F)F)C12CCN([C@@H]1CCCC[C@@H]1c1ccccc1)CC2. The molecule has 1 N–H and O–H groups in total. The van der Waals surface area contributed by atoms with E-state index in [1.54, 1.807) is 4.90 Å². The average molecular weight is 409 g/mol. The van der Waals surface area contributed by atoms with Gasteiger partial charge < -0.3 is 5.32 Å². The fraction of sp³-hybridized carbons (Fsp3) is 0.682. The Balaban J connectivity index is 1.44. The Hall–Kier alpha value is -1.60. The van der Waals surface area contributed by atoms with Crippen molar-refractivity contribution in [2.24, 2.45) is 0 Å². The molecular weight excluding hydrogens is 379 g/mol. The molecule has 0 bridgehead atoms. The van der Waals surface area contributed by atoms with E-state index in [1.165, 1.54) is 24.8 Å². The summed E-state index contributed by atoms with van der Waals surface area (Å²) < 4.78 is 38.2. The number of alkyl halides is 3. The van der Waals surface area contributed by atoms with Crippen LogP contribution in [0.1, 0.15) is 56.4 Å². The number of nitrogens with zero attached hydrogens (tertiary/aromatic N) is 2. The number of piperidine rings is 1. The number of benzene rings is 1. The van der Waals surface area contributed by atoms with E-state index in [0.717, 1.165) is 19.5 Å². The second-order valence-electron chi connectivity index (χ2n) is 8.73. The first kappa shape index (κ1) is 20.7. The maximum Gasteiger partial charge on any atom is 0.390 e. The summed E-state index contributed by atoms with van der Waals surface area (Å²) in [7, 11) is 0. The molecule has 0 radical (unpaired) electrons. The first-order chi connectivity index (χ1) is 13.9. The summed E-state index contributed by atoms with van der Waals surface area (Å²) in [5, 5.41) is 2.80. The predicted molar refractivity (Wildman–Crippen MR) is 105 cm³/mol. The molecule has 2 aliphatic heterocycles. The van der Waals surface area contributed by atoms with Gasteiger partial charge in [0.15, 0.2) is 0 Å². The summed E-state index contributed by atoms with van der Waals surface area (Å²) in [6, 6.07) is 11.1. The Bertz CT molecular complexity index is 701. The highest BCUT2D eigenvalue weighted by Crippen LogP contribution is 2.40. The van der Waals surface area contributed by atoms with E-state index < -0.39 is 18.1 Å². The molecule has 1 spiro atoms. The van der Waals surface area contributed by atoms with Crippen LogP contribution in [0.4, 0.5) is 13.2 Å². The summed E-state index contributed by atoms with van der Waals surface area (Å²) in [6.45, 7) is 1.65. The van der Waals surface area contributed by atoms with Crippen LogP contribution in [-0.2, 0) is 4.79 Å². The first-order valence-corrected chi connectivity index (χ1v) is 10.8. The zero-order valence-electron chi connectivity index (χ0n) is 16.8. The van der Waals surface area contributed by atoms with E-state index in [4.69, 9.17) is 0 Å². The van der Waals surface area contributed by atoms with Gasteiger partial charge in [-0.05, 0) is 37.2 Å². The lowest BCUT2D eigenvalue weighted by Crippen LogP contribution is -2.58. The molecule has 2 saturated heterocycles. The predicted octanol–water partition coefficient (Wildman–Crippen LogP) is 3.89. The van der Waals surface area contributed by atoms with Gasteiger partial charge in [0, 0.05) is 25.7 Å². The number of likely N-dealkylation sites (tertiary alicyclic amines) is 1. The standard InChI is InChI=1S/C22H30F3N3O/c23-22(24,25)12-15-28-16-26-20(29)21(28)10-13-27(14-11-21)19-9-5-4-8-18(19)17-6-2-1-3-7-17/h1-3,6-7,18-19H,4-5,8-16H2,(H,26,29)/t18-,19-/m1/s1. The summed E-state index contributed by atoms with van der Waals surface area (Å²) in [5.41, 5.74) is 0.612. The molecule has 29 heavy (non-hydrogen) atoms. The van der Waals surface area contributed by atoms with Crippen LogP contribution in [0.15, 0.2) is 30.3 Å². The number of rotatable bonds is 4. The number of halogens is 3. The molecule has 2 heterocycles. The third-order valence-electron chi connectivity index (χ3n) is 7.18. The van der Waals surface area contributed by atoms with Gasteiger partial charge in [0.25, 0.3) is 0 Å². The van der Waals surface area contributed by atoms with Gasteiger partial charge in [0.1, 0.15) is 5.54 Å². The second-order valence-corrected chi connectivity index (χ2v) is 8.73. The van der Waals surface area contributed by atoms with Crippen LogP contribution < -0.4 is 5.32 Å². The zero-order chi connectivity index (χ0) is 20.5. The topological polar surface area (TPSA) is 35.6 Å². The quantitative estimate of drug-likeness (QED) is 0.820. The van der Waals surface area contributed by atoms with Crippen molar-refractivity contribution in [1.29, 1.82) is 0 Å². The van der Waals surface area contributed by atoms with Crippen molar-refractivity contribution in [3.05, 3.63) is 35.9 Å². The van der Waals surface area contributed by atoms with E-state index in [9.17, 15) is 18.0 Å². The highest BCUT2D eigenvalue weighted by Gasteiger charge is 2.51. The Morgan fingerprint density at radius 1 is 1.07 bits per heavy atom. The third kappa shape index (κ3) is 4.31. The molecule has 1 aliphatic carbocycles. The van der Waals surface area contributed by atoms with Crippen molar-refractivity contribution in [2.75, 3.05) is 26.3 Å². The number of amides is 1. The van der Waals surface area contributed by atoms with Crippen LogP contribution in [-0.4, -0.2) is 59.8 Å². The van der Waals surface area contributed by atoms with Crippen molar-refractivity contribution < 1.29 is 18.0 Å². The molecule has 1 saturated carbocycles. The summed E-state index contributed by atoms with van der Waals surface area (Å²) in [4.78, 5) is 16.8. The highest BCUT2D eigenvalue weighted by molar-refractivity contribution is 5.88. The van der Waals surface area contributed by atoms with Crippen molar-refractivity contribution >= 4 is 5.91 Å². The van der Waals surface area contributed by atoms with Gasteiger partial charge in [-0.3, -0.25) is 14.6 Å². The Morgan fingerprint density at radius 3 is 2.45 bits per heavy atom. The molecule has 4 rings (SSSR count). The van der Waals surface area contributed by atoms with Crippen LogP contribution >= 0.6 is 0 Å². The monoisotopic (exact) mass is 409 g/mol. The fourth-order valence-corrected chi connectivity index (χ4v) is 5.59. The number of carbonyl (C=O) groups is 1. The van der Waals surface area contributed by atoms with Crippen LogP contribution in [0.25, 0.3) is 0 Å². The summed E-state index contributed by atoms with van der Waals surface area (Å²) >= 11 is 0. The van der Waals surface area contributed by atoms with Crippen LogP contribution in [0.5, 0.6) is 0 Å². The van der Waals surface area contributed by atoms with E-state index >= 15 is 0 Å². The molecule has 0 unspecified atom stereocenters. The minimum absolute atomic E-state index is 0.0948. The normalized spacial score (nSPS) is 28.6. The van der Waals surface area contributed by atoms with E-state index in [-0.39, 0.29) is 19.1 Å². The van der Waals surface area contributed by atoms with Gasteiger partial charge in [0.05, 0.1) is 13.1 Å². The molecule has 3 fully saturated rings. The zero-order valence-corrected chi connectivity index (χ0v) is 16.8. The number of carbonyl (C=O) groups excluding carboxylic acids is 1. The Morgan fingerprint density at radius 2 is 1.76 bits per heavy atom. The van der Waals surface area contributed by atoms with Gasteiger partial charge in [0.2, 0.25) is 5.91 Å². The number of nitrogens with one attached hydrogen (secondary N) is 1. The Kier molecular flexibility index (Phi) is 5.89. The van der Waals surface area contributed by atoms with Crippen LogP contribution in [0.2, 0.25) is 0 Å². The van der Waals surface area contributed by atoms with Crippen LogP contribution in [0, 0.1) is 0 Å². The average Bonchev–Trinajstić information content (AvgIpc) is 3.02. The van der Waals surface area contributed by atoms with Crippen LogP contribution in [0.3, 0.4) is 0 Å². The van der Waals surface area contributed by atoms with E-state index in [1.807, 2.05) is 6.07 Å². The molecule has 1 amide bonds. The minimum atomic E-state index is -4.20. The third-order valence-corrected chi connectivity index (χ3v) is 7.18. The Labute approximate surface area is 170 Å².